The lowest BCUT2D eigenvalue weighted by Crippen LogP contribution is -2.57. The van der Waals surface area contributed by atoms with Crippen LogP contribution in [0.3, 0.4) is 0 Å². The second-order valence-corrected chi connectivity index (χ2v) is 5.70. The summed E-state index contributed by atoms with van der Waals surface area (Å²) in [6.45, 7) is 3.08. The molecule has 2 amide bonds. The van der Waals surface area contributed by atoms with Crippen molar-refractivity contribution in [1.82, 2.24) is 9.88 Å². The fraction of sp³-hybridized carbons (Fsp3) is 0.250. The Kier molecular flexibility index (Phi) is 4.15. The molecule has 114 valence electrons. The van der Waals surface area contributed by atoms with Gasteiger partial charge in [-0.1, -0.05) is 23.7 Å². The number of benzene rings is 1. The average Bonchev–Trinajstić information content (AvgIpc) is 2.44. The van der Waals surface area contributed by atoms with Crippen LogP contribution in [0, 0.1) is 6.92 Å². The predicted molar refractivity (Wildman–Crippen MR) is 85.4 cm³/mol. The number of carbonyl (C=O) groups is 1. The van der Waals surface area contributed by atoms with Crippen LogP contribution in [0.1, 0.15) is 5.56 Å². The number of ether oxygens (including phenoxy) is 1. The first kappa shape index (κ1) is 14.7. The molecule has 0 spiro atoms. The standard InChI is InChI=1S/C16H16ClN3O2/c1-11-3-2-4-13(7-11)19-16(21)20-9-14(10-20)22-15-6-5-12(17)8-18-15/h2-8,14H,9-10H2,1H3,(H,19,21). The Morgan fingerprint density at radius 1 is 1.36 bits per heavy atom. The molecule has 2 aromatic rings. The number of likely N-dealkylation sites (tertiary alicyclic amines) is 1. The van der Waals surface area contributed by atoms with Crippen LogP contribution in [-0.4, -0.2) is 35.1 Å². The van der Waals surface area contributed by atoms with Crippen molar-refractivity contribution in [1.29, 1.82) is 0 Å². The Morgan fingerprint density at radius 3 is 2.86 bits per heavy atom. The summed E-state index contributed by atoms with van der Waals surface area (Å²) in [4.78, 5) is 17.8. The number of carbonyl (C=O) groups excluding carboxylic acids is 1. The van der Waals surface area contributed by atoms with Gasteiger partial charge in [0.2, 0.25) is 5.88 Å². The first-order chi connectivity index (χ1) is 10.6. The zero-order valence-corrected chi connectivity index (χ0v) is 12.9. The Balaban J connectivity index is 1.48. The van der Waals surface area contributed by atoms with Crippen LogP contribution in [-0.2, 0) is 0 Å². The average molecular weight is 318 g/mol. The highest BCUT2D eigenvalue weighted by Gasteiger charge is 2.32. The minimum absolute atomic E-state index is 0.0306. The van der Waals surface area contributed by atoms with E-state index >= 15 is 0 Å². The third-order valence-electron chi connectivity index (χ3n) is 3.39. The molecule has 0 aliphatic carbocycles. The third kappa shape index (κ3) is 3.49. The van der Waals surface area contributed by atoms with Crippen LogP contribution in [0.25, 0.3) is 0 Å². The summed E-state index contributed by atoms with van der Waals surface area (Å²) in [5, 5.41) is 3.44. The van der Waals surface area contributed by atoms with E-state index in [4.69, 9.17) is 16.3 Å². The topological polar surface area (TPSA) is 54.5 Å². The molecule has 0 saturated carbocycles. The number of anilines is 1. The van der Waals surface area contributed by atoms with Gasteiger partial charge in [-0.2, -0.15) is 0 Å². The summed E-state index contributed by atoms with van der Waals surface area (Å²) in [5.41, 5.74) is 1.91. The fourth-order valence-corrected chi connectivity index (χ4v) is 2.32. The molecule has 1 aromatic carbocycles. The van der Waals surface area contributed by atoms with Crippen molar-refractivity contribution >= 4 is 23.3 Å². The number of hydrogen-bond acceptors (Lipinski definition) is 3. The van der Waals surface area contributed by atoms with E-state index in [-0.39, 0.29) is 12.1 Å². The number of pyridine rings is 1. The van der Waals surface area contributed by atoms with E-state index in [1.807, 2.05) is 31.2 Å². The van der Waals surface area contributed by atoms with Gasteiger partial charge in [-0.3, -0.25) is 0 Å². The van der Waals surface area contributed by atoms with E-state index in [9.17, 15) is 4.79 Å². The number of hydrogen-bond donors (Lipinski definition) is 1. The normalized spacial score (nSPS) is 14.4. The van der Waals surface area contributed by atoms with Crippen molar-refractivity contribution in [3.8, 4) is 5.88 Å². The van der Waals surface area contributed by atoms with E-state index in [2.05, 4.69) is 10.3 Å². The molecule has 1 fully saturated rings. The van der Waals surface area contributed by atoms with E-state index in [0.717, 1.165) is 11.3 Å². The Morgan fingerprint density at radius 2 is 2.18 bits per heavy atom. The number of aromatic nitrogens is 1. The number of nitrogens with zero attached hydrogens (tertiary/aromatic N) is 2. The maximum atomic E-state index is 12.1. The maximum Gasteiger partial charge on any atom is 0.322 e. The summed E-state index contributed by atoms with van der Waals surface area (Å²) < 4.78 is 5.66. The van der Waals surface area contributed by atoms with Crippen molar-refractivity contribution in [2.75, 3.05) is 18.4 Å². The molecule has 22 heavy (non-hydrogen) atoms. The lowest BCUT2D eigenvalue weighted by Gasteiger charge is -2.38. The van der Waals surface area contributed by atoms with E-state index in [1.165, 1.54) is 6.20 Å². The number of nitrogens with one attached hydrogen (secondary N) is 1. The molecule has 1 saturated heterocycles. The Labute approximate surface area is 133 Å². The number of halogens is 1. The van der Waals surface area contributed by atoms with Crippen molar-refractivity contribution < 1.29 is 9.53 Å². The summed E-state index contributed by atoms with van der Waals surface area (Å²) in [6.07, 6.45) is 1.51. The molecule has 0 atom stereocenters. The van der Waals surface area contributed by atoms with Gasteiger partial charge >= 0.3 is 6.03 Å². The number of aryl methyl sites for hydroxylation is 1. The van der Waals surface area contributed by atoms with Gasteiger partial charge in [-0.05, 0) is 30.7 Å². The van der Waals surface area contributed by atoms with Gasteiger partial charge in [0.25, 0.3) is 0 Å². The third-order valence-corrected chi connectivity index (χ3v) is 3.62. The Bertz CT molecular complexity index is 669. The van der Waals surface area contributed by atoms with Crippen molar-refractivity contribution in [2.24, 2.45) is 0 Å². The van der Waals surface area contributed by atoms with Crippen molar-refractivity contribution in [3.63, 3.8) is 0 Å². The molecule has 5 nitrogen and oxygen atoms in total. The van der Waals surface area contributed by atoms with Gasteiger partial charge in [0, 0.05) is 18.0 Å². The van der Waals surface area contributed by atoms with E-state index in [1.54, 1.807) is 17.0 Å². The number of rotatable bonds is 3. The predicted octanol–water partition coefficient (Wildman–Crippen LogP) is 3.34. The fourth-order valence-electron chi connectivity index (χ4n) is 2.21. The van der Waals surface area contributed by atoms with Gasteiger partial charge in [0.1, 0.15) is 6.10 Å². The molecular formula is C16H16ClN3O2. The van der Waals surface area contributed by atoms with E-state index < -0.39 is 0 Å². The molecule has 1 aliphatic heterocycles. The van der Waals surface area contributed by atoms with Crippen LogP contribution in [0.4, 0.5) is 10.5 Å². The number of amides is 2. The lowest BCUT2D eigenvalue weighted by molar-refractivity contribution is 0.0461. The minimum atomic E-state index is -0.116. The molecule has 6 heteroatoms. The minimum Gasteiger partial charge on any atom is -0.471 e. The van der Waals surface area contributed by atoms with Crippen molar-refractivity contribution in [2.45, 2.75) is 13.0 Å². The summed E-state index contributed by atoms with van der Waals surface area (Å²) in [7, 11) is 0. The highest BCUT2D eigenvalue weighted by Crippen LogP contribution is 2.19. The Hall–Kier alpha value is -2.27. The maximum absolute atomic E-state index is 12.1. The second-order valence-electron chi connectivity index (χ2n) is 5.26. The zero-order chi connectivity index (χ0) is 15.5. The highest BCUT2D eigenvalue weighted by atomic mass is 35.5. The highest BCUT2D eigenvalue weighted by molar-refractivity contribution is 6.30. The summed E-state index contributed by atoms with van der Waals surface area (Å²) >= 11 is 5.77. The van der Waals surface area contributed by atoms with Gasteiger partial charge in [-0.25, -0.2) is 9.78 Å². The molecule has 1 aliphatic rings. The van der Waals surface area contributed by atoms with Crippen LogP contribution < -0.4 is 10.1 Å². The van der Waals surface area contributed by atoms with Gasteiger partial charge < -0.3 is 15.0 Å². The SMILES string of the molecule is Cc1cccc(NC(=O)N2CC(Oc3ccc(Cl)cn3)C2)c1. The molecule has 1 N–H and O–H groups in total. The van der Waals surface area contributed by atoms with Gasteiger partial charge in [-0.15, -0.1) is 0 Å². The van der Waals surface area contributed by atoms with Crippen LogP contribution in [0.15, 0.2) is 42.6 Å². The first-order valence-electron chi connectivity index (χ1n) is 7.01. The smallest absolute Gasteiger partial charge is 0.322 e. The largest absolute Gasteiger partial charge is 0.471 e. The summed E-state index contributed by atoms with van der Waals surface area (Å²) in [5.74, 6) is 0.521. The quantitative estimate of drug-likeness (QED) is 0.944. The lowest BCUT2D eigenvalue weighted by atomic mass is 10.2. The molecular weight excluding hydrogens is 302 g/mol. The van der Waals surface area contributed by atoms with Crippen LogP contribution >= 0.6 is 11.6 Å². The first-order valence-corrected chi connectivity index (χ1v) is 7.39. The molecule has 0 radical (unpaired) electrons. The molecule has 3 rings (SSSR count). The molecule has 0 bridgehead atoms. The van der Waals surface area contributed by atoms with Gasteiger partial charge in [0.15, 0.2) is 0 Å². The van der Waals surface area contributed by atoms with Crippen LogP contribution in [0.2, 0.25) is 5.02 Å². The summed E-state index contributed by atoms with van der Waals surface area (Å²) in [6, 6.07) is 11.0. The van der Waals surface area contributed by atoms with Crippen LogP contribution in [0.5, 0.6) is 5.88 Å². The molecule has 1 aromatic heterocycles. The monoisotopic (exact) mass is 317 g/mol. The van der Waals surface area contributed by atoms with Crippen molar-refractivity contribution in [3.05, 3.63) is 53.2 Å². The number of urea groups is 1. The molecule has 2 heterocycles. The van der Waals surface area contributed by atoms with Gasteiger partial charge in [0.05, 0.1) is 18.1 Å². The van der Waals surface area contributed by atoms with E-state index in [0.29, 0.717) is 24.0 Å². The zero-order valence-electron chi connectivity index (χ0n) is 12.1. The molecule has 0 unspecified atom stereocenters. The second kappa shape index (κ2) is 6.23.